The van der Waals surface area contributed by atoms with Gasteiger partial charge in [-0.1, -0.05) is 6.92 Å². The maximum absolute atomic E-state index is 13.6. The van der Waals surface area contributed by atoms with E-state index in [-0.39, 0.29) is 11.7 Å². The zero-order valence-electron chi connectivity index (χ0n) is 11.4. The molecule has 0 radical (unpaired) electrons. The predicted molar refractivity (Wildman–Crippen MR) is 69.6 cm³/mol. The van der Waals surface area contributed by atoms with Gasteiger partial charge in [0.2, 0.25) is 0 Å². The smallest absolute Gasteiger partial charge is 0.196 e. The first-order chi connectivity index (χ1) is 8.90. The van der Waals surface area contributed by atoms with Crippen molar-refractivity contribution in [3.63, 3.8) is 0 Å². The highest BCUT2D eigenvalue weighted by atomic mass is 19.2. The molecule has 1 N–H and O–H groups in total. The minimum absolute atomic E-state index is 0.0347. The Morgan fingerprint density at radius 1 is 1.16 bits per heavy atom. The lowest BCUT2D eigenvalue weighted by molar-refractivity contribution is 0.145. The maximum Gasteiger partial charge on any atom is 0.196 e. The second kappa shape index (κ2) is 5.41. The highest BCUT2D eigenvalue weighted by molar-refractivity contribution is 5.46. The Morgan fingerprint density at radius 3 is 2.53 bits per heavy atom. The Bertz CT molecular complexity index is 464. The average Bonchev–Trinajstić information content (AvgIpc) is 2.36. The van der Waals surface area contributed by atoms with Gasteiger partial charge in [0.25, 0.3) is 0 Å². The molecule has 5 heteroatoms. The van der Waals surface area contributed by atoms with Gasteiger partial charge >= 0.3 is 0 Å². The van der Waals surface area contributed by atoms with Crippen molar-refractivity contribution in [1.82, 2.24) is 4.90 Å². The molecule has 3 atom stereocenters. The standard InChI is InChI=1S/C14H19F3N2/c1-8-7-19(3)9(2)6-12(8)18-11-5-4-10(15)13(16)14(11)17/h4-5,8-9,12,18H,6-7H2,1-3H3. The molecule has 0 saturated carbocycles. The normalized spacial score (nSPS) is 28.4. The van der Waals surface area contributed by atoms with E-state index in [1.54, 1.807) is 0 Å². The Balaban J connectivity index is 2.15. The van der Waals surface area contributed by atoms with Crippen LogP contribution in [0.3, 0.4) is 0 Å². The summed E-state index contributed by atoms with van der Waals surface area (Å²) < 4.78 is 39.7. The Labute approximate surface area is 111 Å². The van der Waals surface area contributed by atoms with Crippen molar-refractivity contribution in [3.8, 4) is 0 Å². The summed E-state index contributed by atoms with van der Waals surface area (Å²) in [6.45, 7) is 5.06. The molecule has 1 aromatic rings. The van der Waals surface area contributed by atoms with Crippen molar-refractivity contribution in [2.45, 2.75) is 32.4 Å². The van der Waals surface area contributed by atoms with Crippen LogP contribution in [0, 0.1) is 23.4 Å². The van der Waals surface area contributed by atoms with Crippen LogP contribution in [-0.2, 0) is 0 Å². The molecule has 0 aliphatic carbocycles. The second-order valence-corrected chi connectivity index (χ2v) is 5.48. The number of benzene rings is 1. The zero-order chi connectivity index (χ0) is 14.2. The fourth-order valence-corrected chi connectivity index (χ4v) is 2.58. The molecule has 2 nitrogen and oxygen atoms in total. The van der Waals surface area contributed by atoms with Gasteiger partial charge in [0.1, 0.15) is 0 Å². The van der Waals surface area contributed by atoms with Crippen LogP contribution in [0.1, 0.15) is 20.3 Å². The molecule has 3 unspecified atom stereocenters. The Kier molecular flexibility index (Phi) is 4.04. The van der Waals surface area contributed by atoms with Gasteiger partial charge in [-0.25, -0.2) is 13.2 Å². The average molecular weight is 272 g/mol. The fourth-order valence-electron chi connectivity index (χ4n) is 2.58. The molecule has 1 saturated heterocycles. The van der Waals surface area contributed by atoms with Crippen molar-refractivity contribution in [2.24, 2.45) is 5.92 Å². The van der Waals surface area contributed by atoms with Crippen LogP contribution in [-0.4, -0.2) is 30.6 Å². The summed E-state index contributed by atoms with van der Waals surface area (Å²) in [5.41, 5.74) is 0.0347. The van der Waals surface area contributed by atoms with E-state index in [1.165, 1.54) is 6.07 Å². The van der Waals surface area contributed by atoms with Gasteiger partial charge in [-0.2, -0.15) is 0 Å². The molecule has 106 valence electrons. The summed E-state index contributed by atoms with van der Waals surface area (Å²) in [4.78, 5) is 2.24. The molecular formula is C14H19F3N2. The van der Waals surface area contributed by atoms with Gasteiger partial charge in [-0.15, -0.1) is 0 Å². The van der Waals surface area contributed by atoms with Crippen molar-refractivity contribution >= 4 is 5.69 Å². The highest BCUT2D eigenvalue weighted by Gasteiger charge is 2.29. The van der Waals surface area contributed by atoms with Gasteiger partial charge in [0.05, 0.1) is 5.69 Å². The Morgan fingerprint density at radius 2 is 1.84 bits per heavy atom. The molecule has 0 aromatic heterocycles. The molecule has 2 rings (SSSR count). The lowest BCUT2D eigenvalue weighted by Gasteiger charge is -2.40. The van der Waals surface area contributed by atoms with Crippen LogP contribution in [0.15, 0.2) is 12.1 Å². The first-order valence-electron chi connectivity index (χ1n) is 6.50. The monoisotopic (exact) mass is 272 g/mol. The molecule has 19 heavy (non-hydrogen) atoms. The van der Waals surface area contributed by atoms with Gasteiger partial charge in [-0.05, 0) is 38.4 Å². The summed E-state index contributed by atoms with van der Waals surface area (Å²) >= 11 is 0. The van der Waals surface area contributed by atoms with E-state index in [0.717, 1.165) is 19.0 Å². The summed E-state index contributed by atoms with van der Waals surface area (Å²) in [6, 6.07) is 2.64. The number of anilines is 1. The van der Waals surface area contributed by atoms with Crippen LogP contribution in [0.5, 0.6) is 0 Å². The maximum atomic E-state index is 13.6. The van der Waals surface area contributed by atoms with E-state index in [1.807, 2.05) is 0 Å². The summed E-state index contributed by atoms with van der Waals surface area (Å²) in [5.74, 6) is -3.40. The number of piperidine rings is 1. The van der Waals surface area contributed by atoms with E-state index in [9.17, 15) is 13.2 Å². The number of rotatable bonds is 2. The number of hydrogen-bond acceptors (Lipinski definition) is 2. The van der Waals surface area contributed by atoms with Gasteiger partial charge in [0, 0.05) is 18.6 Å². The number of likely N-dealkylation sites (tertiary alicyclic amines) is 1. The SMILES string of the molecule is CC1CN(C)C(C)CC1Nc1ccc(F)c(F)c1F. The lowest BCUT2D eigenvalue weighted by atomic mass is 9.89. The van der Waals surface area contributed by atoms with E-state index in [2.05, 4.69) is 31.1 Å². The number of halogens is 3. The number of nitrogens with one attached hydrogen (secondary N) is 1. The van der Waals surface area contributed by atoms with Crippen molar-refractivity contribution in [2.75, 3.05) is 18.9 Å². The van der Waals surface area contributed by atoms with Crippen molar-refractivity contribution in [3.05, 3.63) is 29.6 Å². The molecule has 0 bridgehead atoms. The third-order valence-corrected chi connectivity index (χ3v) is 3.99. The minimum Gasteiger partial charge on any atom is -0.379 e. The number of hydrogen-bond donors (Lipinski definition) is 1. The quantitative estimate of drug-likeness (QED) is 0.831. The summed E-state index contributed by atoms with van der Waals surface area (Å²) in [5, 5.41) is 3.01. The molecule has 1 heterocycles. The van der Waals surface area contributed by atoms with Crippen LogP contribution in [0.2, 0.25) is 0 Å². The van der Waals surface area contributed by atoms with Crippen molar-refractivity contribution < 1.29 is 13.2 Å². The topological polar surface area (TPSA) is 15.3 Å². The largest absolute Gasteiger partial charge is 0.379 e. The third-order valence-electron chi connectivity index (χ3n) is 3.99. The Hall–Kier alpha value is -1.23. The highest BCUT2D eigenvalue weighted by Crippen LogP contribution is 2.27. The molecule has 0 amide bonds. The van der Waals surface area contributed by atoms with Crippen molar-refractivity contribution in [1.29, 1.82) is 0 Å². The zero-order valence-corrected chi connectivity index (χ0v) is 11.4. The van der Waals surface area contributed by atoms with Crippen LogP contribution in [0.25, 0.3) is 0 Å². The molecule has 0 spiro atoms. The first-order valence-corrected chi connectivity index (χ1v) is 6.50. The second-order valence-electron chi connectivity index (χ2n) is 5.48. The van der Waals surface area contributed by atoms with Crippen LogP contribution >= 0.6 is 0 Å². The summed E-state index contributed by atoms with van der Waals surface area (Å²) in [7, 11) is 2.05. The van der Waals surface area contributed by atoms with E-state index in [0.29, 0.717) is 12.0 Å². The van der Waals surface area contributed by atoms with Gasteiger partial charge < -0.3 is 10.2 Å². The first kappa shape index (κ1) is 14.2. The fraction of sp³-hybridized carbons (Fsp3) is 0.571. The molecule has 1 aliphatic rings. The van der Waals surface area contributed by atoms with Gasteiger partial charge in [0.15, 0.2) is 17.5 Å². The predicted octanol–water partition coefficient (Wildman–Crippen LogP) is 3.24. The van der Waals surface area contributed by atoms with E-state index < -0.39 is 17.5 Å². The molecular weight excluding hydrogens is 253 g/mol. The van der Waals surface area contributed by atoms with Gasteiger partial charge in [-0.3, -0.25) is 0 Å². The third kappa shape index (κ3) is 2.86. The molecule has 1 aromatic carbocycles. The van der Waals surface area contributed by atoms with E-state index in [4.69, 9.17) is 0 Å². The lowest BCUT2D eigenvalue weighted by Crippen LogP contribution is -2.48. The molecule has 1 fully saturated rings. The number of nitrogens with zero attached hydrogens (tertiary/aromatic N) is 1. The summed E-state index contributed by atoms with van der Waals surface area (Å²) in [6.07, 6.45) is 0.843. The van der Waals surface area contributed by atoms with E-state index >= 15 is 0 Å². The minimum atomic E-state index is -1.42. The van der Waals surface area contributed by atoms with Crippen LogP contribution < -0.4 is 5.32 Å². The molecule has 1 aliphatic heterocycles. The van der Waals surface area contributed by atoms with Crippen LogP contribution in [0.4, 0.5) is 18.9 Å².